The van der Waals surface area contributed by atoms with Gasteiger partial charge in [-0.2, -0.15) is 18.2 Å². The predicted octanol–water partition coefficient (Wildman–Crippen LogP) is 5.06. The van der Waals surface area contributed by atoms with Crippen LogP contribution >= 0.6 is 11.3 Å². The minimum Gasteiger partial charge on any atom is -0.338 e. The van der Waals surface area contributed by atoms with E-state index in [1.165, 1.54) is 23.5 Å². The summed E-state index contributed by atoms with van der Waals surface area (Å²) in [5, 5.41) is 9.17. The average molecular weight is 379 g/mol. The Morgan fingerprint density at radius 3 is 2.77 bits per heavy atom. The van der Waals surface area contributed by atoms with E-state index in [1.54, 1.807) is 6.07 Å². The SMILES string of the molecule is FC(F)(F)c1cccc([C@H](NCc2nc(-c3cccs3)no2)C2CC2)c1. The first-order valence-corrected chi connectivity index (χ1v) is 9.15. The molecule has 1 atom stereocenters. The van der Waals surface area contributed by atoms with Gasteiger partial charge in [0.1, 0.15) is 0 Å². The number of nitrogens with zero attached hydrogens (tertiary/aromatic N) is 2. The highest BCUT2D eigenvalue weighted by atomic mass is 32.1. The third-order valence-electron chi connectivity index (χ3n) is 4.35. The summed E-state index contributed by atoms with van der Waals surface area (Å²) in [6, 6.07) is 9.16. The molecule has 2 heterocycles. The van der Waals surface area contributed by atoms with Crippen molar-refractivity contribution in [2.24, 2.45) is 5.92 Å². The Morgan fingerprint density at radius 1 is 1.23 bits per heavy atom. The van der Waals surface area contributed by atoms with Crippen LogP contribution in [0.3, 0.4) is 0 Å². The van der Waals surface area contributed by atoms with Crippen molar-refractivity contribution in [1.29, 1.82) is 0 Å². The highest BCUT2D eigenvalue weighted by molar-refractivity contribution is 7.13. The molecule has 0 aliphatic heterocycles. The van der Waals surface area contributed by atoms with Gasteiger partial charge in [0.15, 0.2) is 0 Å². The highest BCUT2D eigenvalue weighted by Crippen LogP contribution is 2.42. The zero-order valence-corrected chi connectivity index (χ0v) is 14.5. The van der Waals surface area contributed by atoms with Crippen LogP contribution in [0.1, 0.15) is 35.9 Å². The molecule has 4 rings (SSSR count). The number of thiophene rings is 1. The number of alkyl halides is 3. The van der Waals surface area contributed by atoms with Gasteiger partial charge in [-0.15, -0.1) is 11.3 Å². The van der Waals surface area contributed by atoms with Crippen molar-refractivity contribution in [3.05, 3.63) is 58.8 Å². The first kappa shape index (κ1) is 17.2. The first-order chi connectivity index (χ1) is 12.5. The fourth-order valence-electron chi connectivity index (χ4n) is 2.92. The molecular formula is C18H16F3N3OS. The van der Waals surface area contributed by atoms with Gasteiger partial charge in [0.25, 0.3) is 0 Å². The first-order valence-electron chi connectivity index (χ1n) is 8.28. The minimum atomic E-state index is -4.34. The lowest BCUT2D eigenvalue weighted by atomic mass is 10.00. The van der Waals surface area contributed by atoms with E-state index in [1.807, 2.05) is 17.5 Å². The zero-order valence-electron chi connectivity index (χ0n) is 13.7. The maximum atomic E-state index is 13.0. The van der Waals surface area contributed by atoms with E-state index in [0.29, 0.717) is 29.7 Å². The maximum Gasteiger partial charge on any atom is 0.416 e. The molecule has 1 aliphatic carbocycles. The third kappa shape index (κ3) is 3.81. The molecule has 0 spiro atoms. The van der Waals surface area contributed by atoms with Crippen molar-refractivity contribution in [2.45, 2.75) is 31.6 Å². The van der Waals surface area contributed by atoms with Crippen LogP contribution < -0.4 is 5.32 Å². The lowest BCUT2D eigenvalue weighted by Crippen LogP contribution is -2.23. The molecule has 0 radical (unpaired) electrons. The number of benzene rings is 1. The van der Waals surface area contributed by atoms with Gasteiger partial charge in [0, 0.05) is 6.04 Å². The van der Waals surface area contributed by atoms with E-state index in [-0.39, 0.29) is 6.04 Å². The van der Waals surface area contributed by atoms with Crippen molar-refractivity contribution in [1.82, 2.24) is 15.5 Å². The Morgan fingerprint density at radius 2 is 2.08 bits per heavy atom. The molecule has 1 fully saturated rings. The number of nitrogens with one attached hydrogen (secondary N) is 1. The van der Waals surface area contributed by atoms with E-state index in [2.05, 4.69) is 15.5 Å². The van der Waals surface area contributed by atoms with Crippen LogP contribution in [0.15, 0.2) is 46.3 Å². The fourth-order valence-corrected chi connectivity index (χ4v) is 3.57. The van der Waals surface area contributed by atoms with E-state index in [9.17, 15) is 13.2 Å². The summed E-state index contributed by atoms with van der Waals surface area (Å²) in [4.78, 5) is 5.26. The average Bonchev–Trinajstić information content (AvgIpc) is 3.11. The van der Waals surface area contributed by atoms with Crippen LogP contribution in [0.25, 0.3) is 10.7 Å². The molecule has 0 saturated heterocycles. The summed E-state index contributed by atoms with van der Waals surface area (Å²) in [7, 11) is 0. The lowest BCUT2D eigenvalue weighted by molar-refractivity contribution is -0.137. The van der Waals surface area contributed by atoms with Gasteiger partial charge < -0.3 is 9.84 Å². The molecule has 136 valence electrons. The highest BCUT2D eigenvalue weighted by Gasteiger charge is 2.35. The largest absolute Gasteiger partial charge is 0.416 e. The van der Waals surface area contributed by atoms with Gasteiger partial charge in [-0.25, -0.2) is 0 Å². The molecule has 1 aromatic carbocycles. The molecule has 0 bridgehead atoms. The monoisotopic (exact) mass is 379 g/mol. The van der Waals surface area contributed by atoms with Gasteiger partial charge in [-0.05, 0) is 47.9 Å². The Balaban J connectivity index is 1.48. The summed E-state index contributed by atoms with van der Waals surface area (Å²) in [5.41, 5.74) is 0.0144. The summed E-state index contributed by atoms with van der Waals surface area (Å²) in [6.45, 7) is 0.315. The van der Waals surface area contributed by atoms with Crippen molar-refractivity contribution in [2.75, 3.05) is 0 Å². The number of hydrogen-bond donors (Lipinski definition) is 1. The van der Waals surface area contributed by atoms with Crippen LogP contribution in [0.5, 0.6) is 0 Å². The van der Waals surface area contributed by atoms with Gasteiger partial charge in [0.2, 0.25) is 11.7 Å². The second-order valence-electron chi connectivity index (χ2n) is 6.31. The molecule has 1 aliphatic rings. The van der Waals surface area contributed by atoms with Gasteiger partial charge in [-0.1, -0.05) is 23.4 Å². The minimum absolute atomic E-state index is 0.158. The normalized spacial score (nSPS) is 16.0. The number of rotatable bonds is 6. The standard InChI is InChI=1S/C18H16F3N3OS/c19-18(20,21)13-4-1-3-12(9-13)16(11-6-7-11)22-10-15-23-17(24-25-15)14-5-2-8-26-14/h1-5,8-9,11,16,22H,6-7,10H2/t16-/m1/s1. The smallest absolute Gasteiger partial charge is 0.338 e. The quantitative estimate of drug-likeness (QED) is 0.651. The van der Waals surface area contributed by atoms with Crippen molar-refractivity contribution in [3.8, 4) is 10.7 Å². The van der Waals surface area contributed by atoms with E-state index >= 15 is 0 Å². The van der Waals surface area contributed by atoms with Crippen molar-refractivity contribution < 1.29 is 17.7 Å². The lowest BCUT2D eigenvalue weighted by Gasteiger charge is -2.19. The molecular weight excluding hydrogens is 363 g/mol. The number of aromatic nitrogens is 2. The fraction of sp³-hybridized carbons (Fsp3) is 0.333. The van der Waals surface area contributed by atoms with Gasteiger partial charge in [0.05, 0.1) is 17.0 Å². The van der Waals surface area contributed by atoms with Gasteiger partial charge in [-0.3, -0.25) is 0 Å². The molecule has 1 N–H and O–H groups in total. The maximum absolute atomic E-state index is 13.0. The van der Waals surface area contributed by atoms with Crippen molar-refractivity contribution >= 4 is 11.3 Å². The Labute approximate surface area is 152 Å². The molecule has 1 saturated carbocycles. The Kier molecular flexibility index (Phi) is 4.54. The second kappa shape index (κ2) is 6.85. The van der Waals surface area contributed by atoms with Crippen LogP contribution in [0.2, 0.25) is 0 Å². The molecule has 26 heavy (non-hydrogen) atoms. The van der Waals surface area contributed by atoms with Crippen LogP contribution in [0, 0.1) is 5.92 Å². The second-order valence-corrected chi connectivity index (χ2v) is 7.26. The number of halogens is 3. The molecule has 3 aromatic rings. The molecule has 0 unspecified atom stereocenters. The zero-order chi connectivity index (χ0) is 18.1. The molecule has 8 heteroatoms. The summed E-state index contributed by atoms with van der Waals surface area (Å²) >= 11 is 1.52. The van der Waals surface area contributed by atoms with Crippen molar-refractivity contribution in [3.63, 3.8) is 0 Å². The summed E-state index contributed by atoms with van der Waals surface area (Å²) in [6.07, 6.45) is -2.34. The van der Waals surface area contributed by atoms with Gasteiger partial charge >= 0.3 is 6.18 Å². The third-order valence-corrected chi connectivity index (χ3v) is 5.22. The molecule has 4 nitrogen and oxygen atoms in total. The topological polar surface area (TPSA) is 51.0 Å². The van der Waals surface area contributed by atoms with Crippen LogP contribution in [0.4, 0.5) is 13.2 Å². The summed E-state index contributed by atoms with van der Waals surface area (Å²) in [5.74, 6) is 1.28. The van der Waals surface area contributed by atoms with E-state index in [0.717, 1.165) is 23.8 Å². The van der Waals surface area contributed by atoms with Crippen LogP contribution in [-0.2, 0) is 12.7 Å². The Hall–Kier alpha value is -2.19. The van der Waals surface area contributed by atoms with E-state index in [4.69, 9.17) is 4.52 Å². The number of hydrogen-bond acceptors (Lipinski definition) is 5. The Bertz CT molecular complexity index is 872. The summed E-state index contributed by atoms with van der Waals surface area (Å²) < 4.78 is 44.2. The van der Waals surface area contributed by atoms with Crippen LogP contribution in [-0.4, -0.2) is 10.1 Å². The predicted molar refractivity (Wildman–Crippen MR) is 91.4 cm³/mol. The molecule has 0 amide bonds. The molecule has 2 aromatic heterocycles. The van der Waals surface area contributed by atoms with E-state index < -0.39 is 11.7 Å².